The van der Waals surface area contributed by atoms with E-state index in [9.17, 15) is 0 Å². The Morgan fingerprint density at radius 2 is 2.00 bits per heavy atom. The van der Waals surface area contributed by atoms with E-state index in [2.05, 4.69) is 35.2 Å². The summed E-state index contributed by atoms with van der Waals surface area (Å²) in [6.07, 6.45) is 0.961. The highest BCUT2D eigenvalue weighted by Crippen LogP contribution is 2.28. The summed E-state index contributed by atoms with van der Waals surface area (Å²) >= 11 is 6.05. The van der Waals surface area contributed by atoms with Gasteiger partial charge in [0.25, 0.3) is 0 Å². The number of halogens is 1. The number of anilines is 1. The summed E-state index contributed by atoms with van der Waals surface area (Å²) in [7, 11) is 0. The van der Waals surface area contributed by atoms with Crippen molar-refractivity contribution >= 4 is 17.3 Å². The summed E-state index contributed by atoms with van der Waals surface area (Å²) in [4.78, 5) is 2.34. The van der Waals surface area contributed by atoms with Gasteiger partial charge in [-0.25, -0.2) is 0 Å². The van der Waals surface area contributed by atoms with Crippen LogP contribution in [-0.4, -0.2) is 12.6 Å². The molecule has 3 rings (SSSR count). The highest BCUT2D eigenvalue weighted by Gasteiger charge is 2.21. The zero-order valence-electron chi connectivity index (χ0n) is 10.7. The smallest absolute Gasteiger partial charge is 0.0430 e. The van der Waals surface area contributed by atoms with E-state index in [0.29, 0.717) is 0 Å². The first kappa shape index (κ1) is 12.5. The van der Waals surface area contributed by atoms with Gasteiger partial charge in [-0.05, 0) is 35.7 Å². The topological polar surface area (TPSA) is 29.3 Å². The molecule has 0 radical (unpaired) electrons. The fraction of sp³-hybridized carbons (Fsp3) is 0.250. The lowest BCUT2D eigenvalue weighted by Gasteiger charge is -2.34. The Labute approximate surface area is 118 Å². The van der Waals surface area contributed by atoms with Gasteiger partial charge in [-0.3, -0.25) is 0 Å². The Balaban J connectivity index is 1.89. The summed E-state index contributed by atoms with van der Waals surface area (Å²) < 4.78 is 0. The van der Waals surface area contributed by atoms with Gasteiger partial charge in [-0.1, -0.05) is 41.9 Å². The average Bonchev–Trinajstić information content (AvgIpc) is 2.38. The molecule has 2 N–H and O–H groups in total. The van der Waals surface area contributed by atoms with Crippen LogP contribution in [0.2, 0.25) is 5.02 Å². The van der Waals surface area contributed by atoms with E-state index in [0.717, 1.165) is 24.5 Å². The molecule has 1 heterocycles. The van der Waals surface area contributed by atoms with Crippen molar-refractivity contribution in [2.24, 2.45) is 5.73 Å². The molecule has 98 valence electrons. The van der Waals surface area contributed by atoms with Crippen LogP contribution in [0.5, 0.6) is 0 Å². The van der Waals surface area contributed by atoms with Crippen molar-refractivity contribution in [2.75, 3.05) is 11.4 Å². The quantitative estimate of drug-likeness (QED) is 0.909. The van der Waals surface area contributed by atoms with Gasteiger partial charge in [0, 0.05) is 29.8 Å². The largest absolute Gasteiger partial charge is 0.365 e. The maximum atomic E-state index is 6.16. The second kappa shape index (κ2) is 5.24. The first-order chi connectivity index (χ1) is 9.22. The third-order valence-corrected chi connectivity index (χ3v) is 3.77. The van der Waals surface area contributed by atoms with Crippen LogP contribution in [-0.2, 0) is 13.0 Å². The monoisotopic (exact) mass is 272 g/mol. The zero-order chi connectivity index (χ0) is 13.2. The van der Waals surface area contributed by atoms with Crippen LogP contribution < -0.4 is 10.6 Å². The normalized spacial score (nSPS) is 18.2. The molecule has 1 unspecified atom stereocenters. The number of fused-ring (bicyclic) bond motifs is 1. The fourth-order valence-corrected chi connectivity index (χ4v) is 2.94. The third kappa shape index (κ3) is 2.75. The SMILES string of the molecule is NC1Cc2ccccc2N(Cc2cccc(Cl)c2)C1. The molecule has 0 saturated carbocycles. The summed E-state index contributed by atoms with van der Waals surface area (Å²) in [5.74, 6) is 0. The standard InChI is InChI=1S/C16H17ClN2/c17-14-6-3-4-12(8-14)10-19-11-15(18)9-13-5-1-2-7-16(13)19/h1-8,15H,9-11,18H2. The lowest BCUT2D eigenvalue weighted by molar-refractivity contribution is 0.599. The molecule has 0 bridgehead atoms. The average molecular weight is 273 g/mol. The number of nitrogens with zero attached hydrogens (tertiary/aromatic N) is 1. The molecule has 2 aromatic rings. The molecule has 0 spiro atoms. The van der Waals surface area contributed by atoms with E-state index >= 15 is 0 Å². The highest BCUT2D eigenvalue weighted by molar-refractivity contribution is 6.30. The van der Waals surface area contributed by atoms with Crippen LogP contribution in [0.15, 0.2) is 48.5 Å². The first-order valence-corrected chi connectivity index (χ1v) is 6.93. The number of para-hydroxylation sites is 1. The molecule has 0 saturated heterocycles. The predicted molar refractivity (Wildman–Crippen MR) is 80.6 cm³/mol. The predicted octanol–water partition coefficient (Wildman–Crippen LogP) is 3.23. The van der Waals surface area contributed by atoms with Crippen molar-refractivity contribution in [1.82, 2.24) is 0 Å². The summed E-state index contributed by atoms with van der Waals surface area (Å²) in [6.45, 7) is 1.74. The number of nitrogens with two attached hydrogens (primary N) is 1. The highest BCUT2D eigenvalue weighted by atomic mass is 35.5. The maximum Gasteiger partial charge on any atom is 0.0430 e. The van der Waals surface area contributed by atoms with Crippen molar-refractivity contribution in [3.8, 4) is 0 Å². The van der Waals surface area contributed by atoms with Crippen LogP contribution in [0.25, 0.3) is 0 Å². The maximum absolute atomic E-state index is 6.16. The van der Waals surface area contributed by atoms with E-state index in [1.54, 1.807) is 0 Å². The molecule has 0 amide bonds. The molecule has 0 aliphatic carbocycles. The van der Waals surface area contributed by atoms with Crippen molar-refractivity contribution in [1.29, 1.82) is 0 Å². The van der Waals surface area contributed by atoms with Gasteiger partial charge < -0.3 is 10.6 Å². The van der Waals surface area contributed by atoms with E-state index in [-0.39, 0.29) is 6.04 Å². The molecular weight excluding hydrogens is 256 g/mol. The molecule has 19 heavy (non-hydrogen) atoms. The van der Waals surface area contributed by atoms with Crippen molar-refractivity contribution < 1.29 is 0 Å². The lowest BCUT2D eigenvalue weighted by atomic mass is 9.98. The van der Waals surface area contributed by atoms with Gasteiger partial charge >= 0.3 is 0 Å². The van der Waals surface area contributed by atoms with Gasteiger partial charge in [-0.2, -0.15) is 0 Å². The lowest BCUT2D eigenvalue weighted by Crippen LogP contribution is -2.42. The molecular formula is C16H17ClN2. The van der Waals surface area contributed by atoms with Crippen LogP contribution in [0.4, 0.5) is 5.69 Å². The summed E-state index contributed by atoms with van der Waals surface area (Å²) in [5.41, 5.74) is 10.0. The molecule has 1 atom stereocenters. The minimum Gasteiger partial charge on any atom is -0.365 e. The van der Waals surface area contributed by atoms with Gasteiger partial charge in [0.2, 0.25) is 0 Å². The second-order valence-corrected chi connectivity index (χ2v) is 5.54. The molecule has 2 nitrogen and oxygen atoms in total. The Kier molecular flexibility index (Phi) is 3.45. The van der Waals surface area contributed by atoms with E-state index in [1.165, 1.54) is 16.8 Å². The van der Waals surface area contributed by atoms with Crippen LogP contribution in [0.3, 0.4) is 0 Å². The minimum absolute atomic E-state index is 0.203. The summed E-state index contributed by atoms with van der Waals surface area (Å²) in [5, 5.41) is 0.784. The number of benzene rings is 2. The van der Waals surface area contributed by atoms with E-state index in [4.69, 9.17) is 17.3 Å². The van der Waals surface area contributed by atoms with Crippen LogP contribution >= 0.6 is 11.6 Å². The van der Waals surface area contributed by atoms with Gasteiger partial charge in [-0.15, -0.1) is 0 Å². The van der Waals surface area contributed by atoms with Crippen molar-refractivity contribution in [3.63, 3.8) is 0 Å². The van der Waals surface area contributed by atoms with Crippen LogP contribution in [0.1, 0.15) is 11.1 Å². The van der Waals surface area contributed by atoms with Gasteiger partial charge in [0.05, 0.1) is 0 Å². The zero-order valence-corrected chi connectivity index (χ0v) is 11.5. The minimum atomic E-state index is 0.203. The molecule has 1 aliphatic rings. The molecule has 0 aromatic heterocycles. The number of hydrogen-bond donors (Lipinski definition) is 1. The Bertz CT molecular complexity index is 582. The van der Waals surface area contributed by atoms with E-state index in [1.807, 2.05) is 18.2 Å². The van der Waals surface area contributed by atoms with E-state index < -0.39 is 0 Å². The van der Waals surface area contributed by atoms with Crippen LogP contribution in [0, 0.1) is 0 Å². The van der Waals surface area contributed by atoms with Crippen molar-refractivity contribution in [3.05, 3.63) is 64.7 Å². The molecule has 3 heteroatoms. The van der Waals surface area contributed by atoms with Gasteiger partial charge in [0.15, 0.2) is 0 Å². The second-order valence-electron chi connectivity index (χ2n) is 5.10. The number of rotatable bonds is 2. The molecule has 2 aromatic carbocycles. The Morgan fingerprint density at radius 3 is 2.84 bits per heavy atom. The fourth-order valence-electron chi connectivity index (χ4n) is 2.73. The first-order valence-electron chi connectivity index (χ1n) is 6.55. The number of hydrogen-bond acceptors (Lipinski definition) is 2. The Hall–Kier alpha value is -1.51. The molecule has 0 fully saturated rings. The molecule has 1 aliphatic heterocycles. The van der Waals surface area contributed by atoms with Crippen molar-refractivity contribution in [2.45, 2.75) is 19.0 Å². The van der Waals surface area contributed by atoms with Gasteiger partial charge in [0.1, 0.15) is 0 Å². The summed E-state index contributed by atoms with van der Waals surface area (Å²) in [6, 6.07) is 16.7. The third-order valence-electron chi connectivity index (χ3n) is 3.53. The Morgan fingerprint density at radius 1 is 1.16 bits per heavy atom.